The molecule has 1 saturated carbocycles. The van der Waals surface area contributed by atoms with E-state index in [-0.39, 0.29) is 29.4 Å². The molecule has 1 aliphatic carbocycles. The van der Waals surface area contributed by atoms with Crippen molar-refractivity contribution in [1.29, 1.82) is 0 Å². The average Bonchev–Trinajstić information content (AvgIpc) is 3.70. The first kappa shape index (κ1) is 35.4. The minimum atomic E-state index is -0.902. The Kier molecular flexibility index (Phi) is 8.57. The fourth-order valence-electron chi connectivity index (χ4n) is 10.8. The number of anilines is 2. The summed E-state index contributed by atoms with van der Waals surface area (Å²) in [4.78, 5) is 48.0. The van der Waals surface area contributed by atoms with Crippen LogP contribution in [0.1, 0.15) is 93.5 Å². The van der Waals surface area contributed by atoms with Crippen molar-refractivity contribution in [3.63, 3.8) is 0 Å². The number of carbonyl (C=O) groups is 2. The van der Waals surface area contributed by atoms with Crippen LogP contribution in [-0.2, 0) is 19.7 Å². The molecule has 10 rings (SSSR count). The monoisotopic (exact) mass is 811 g/mol. The quantitative estimate of drug-likeness (QED) is 0.193. The molecule has 1 aromatic heterocycles. The van der Waals surface area contributed by atoms with Crippen LogP contribution in [0, 0.1) is 17.6 Å². The second-order valence-corrected chi connectivity index (χ2v) is 17.7. The van der Waals surface area contributed by atoms with E-state index in [0.29, 0.717) is 53.9 Å². The van der Waals surface area contributed by atoms with E-state index in [1.165, 1.54) is 35.4 Å². The molecule has 0 radical (unpaired) electrons. The lowest BCUT2D eigenvalue weighted by molar-refractivity contribution is -0.129. The van der Waals surface area contributed by atoms with Gasteiger partial charge in [0.25, 0.3) is 5.56 Å². The van der Waals surface area contributed by atoms with Crippen molar-refractivity contribution in [3.05, 3.63) is 91.9 Å². The van der Waals surface area contributed by atoms with Gasteiger partial charge in [0.2, 0.25) is 11.8 Å². The smallest absolute Gasteiger partial charge is 0.281 e. The Morgan fingerprint density at radius 2 is 1.62 bits per heavy atom. The summed E-state index contributed by atoms with van der Waals surface area (Å²) < 4.78 is 39.8. The number of hydrogen-bond acceptors (Lipinski definition) is 7. The molecule has 55 heavy (non-hydrogen) atoms. The van der Waals surface area contributed by atoms with Gasteiger partial charge in [0.15, 0.2) is 11.6 Å². The molecule has 1 atom stereocenters. The number of nitrogens with zero attached hydrogens (tertiary/aromatic N) is 5. The van der Waals surface area contributed by atoms with E-state index in [1.807, 2.05) is 17.0 Å². The van der Waals surface area contributed by atoms with Crippen LogP contribution < -0.4 is 15.4 Å². The molecule has 4 aromatic rings. The van der Waals surface area contributed by atoms with E-state index in [9.17, 15) is 14.4 Å². The molecule has 4 saturated heterocycles. The van der Waals surface area contributed by atoms with Crippen LogP contribution >= 0.6 is 15.9 Å². The number of amides is 2. The molecule has 2 amide bonds. The van der Waals surface area contributed by atoms with E-state index in [1.54, 1.807) is 0 Å². The lowest BCUT2D eigenvalue weighted by Crippen LogP contribution is -2.62. The van der Waals surface area contributed by atoms with Gasteiger partial charge in [0, 0.05) is 42.6 Å². The van der Waals surface area contributed by atoms with Gasteiger partial charge in [-0.05, 0) is 121 Å². The molecular weight excluding hydrogens is 768 g/mol. The second kappa shape index (κ2) is 13.3. The second-order valence-electron chi connectivity index (χ2n) is 16.9. The lowest BCUT2D eigenvalue weighted by atomic mass is 9.69. The van der Waals surface area contributed by atoms with Crippen molar-refractivity contribution in [2.45, 2.75) is 87.6 Å². The third-order valence-corrected chi connectivity index (χ3v) is 14.1. The largest absolute Gasteiger partial charge is 0.371 e. The minimum absolute atomic E-state index is 0.0988. The number of carbonyl (C=O) groups excluding carboxylic acids is 2. The zero-order valence-corrected chi connectivity index (χ0v) is 32.4. The number of fused-ring (bicyclic) bond motifs is 7. The zero-order valence-electron chi connectivity index (χ0n) is 30.8. The molecule has 0 bridgehead atoms. The predicted molar refractivity (Wildman–Crippen MR) is 209 cm³/mol. The Balaban J connectivity index is 0.796. The Morgan fingerprint density at radius 3 is 2.35 bits per heavy atom. The van der Waals surface area contributed by atoms with Gasteiger partial charge < -0.3 is 14.5 Å². The first-order chi connectivity index (χ1) is 26.6. The third kappa shape index (κ3) is 5.71. The maximum atomic E-state index is 15.2. The number of piperidine rings is 2. The highest BCUT2D eigenvalue weighted by molar-refractivity contribution is 9.10. The molecule has 12 heteroatoms. The highest BCUT2D eigenvalue weighted by atomic mass is 79.9. The molecular formula is C43H44BrF2N5O4. The Labute approximate surface area is 326 Å². The number of halogens is 3. The van der Waals surface area contributed by atoms with Crippen molar-refractivity contribution < 1.29 is 23.1 Å². The summed E-state index contributed by atoms with van der Waals surface area (Å²) in [5.74, 6) is -1.19. The molecule has 9 nitrogen and oxygen atoms in total. The van der Waals surface area contributed by atoms with Crippen LogP contribution in [0.25, 0.3) is 16.6 Å². The summed E-state index contributed by atoms with van der Waals surface area (Å²) >= 11 is 3.63. The first-order valence-electron chi connectivity index (χ1n) is 20.0. The summed E-state index contributed by atoms with van der Waals surface area (Å²) in [7, 11) is 0. The van der Waals surface area contributed by atoms with Gasteiger partial charge in [0.1, 0.15) is 17.1 Å². The average molecular weight is 813 g/mol. The van der Waals surface area contributed by atoms with Crippen LogP contribution in [0.2, 0.25) is 0 Å². The standard InChI is InChI=1S/C43H44BrF2N5O4/c44-31-6-4-7-34-38(31)40(54)47-41-43(14-2-1-3-15-43)30-11-10-28(18-35(30)50(34)41)27-12-16-48(17-13-27)22-26-21-42(55-23-26)24-49(25-42)29-19-32(45)39(33(46)20-29)51-36(52)8-5-9-37(51)53/h4,6-7,10-11,18-20,26-27H,1-3,5,8-9,12-17,21-25H2. The van der Waals surface area contributed by atoms with E-state index >= 15 is 8.78 Å². The van der Waals surface area contributed by atoms with E-state index in [4.69, 9.17) is 9.72 Å². The summed E-state index contributed by atoms with van der Waals surface area (Å²) in [6.07, 6.45) is 9.16. The van der Waals surface area contributed by atoms with Crippen LogP contribution in [-0.4, -0.2) is 71.2 Å². The van der Waals surface area contributed by atoms with Crippen molar-refractivity contribution in [2.24, 2.45) is 5.92 Å². The van der Waals surface area contributed by atoms with Gasteiger partial charge in [-0.2, -0.15) is 4.98 Å². The fourth-order valence-corrected chi connectivity index (χ4v) is 11.4. The molecule has 0 N–H and O–H groups in total. The van der Waals surface area contributed by atoms with E-state index in [2.05, 4.69) is 49.7 Å². The highest BCUT2D eigenvalue weighted by Gasteiger charge is 2.51. The van der Waals surface area contributed by atoms with Crippen molar-refractivity contribution >= 4 is 50.0 Å². The topological polar surface area (TPSA) is 88.0 Å². The molecule has 3 aromatic carbocycles. The van der Waals surface area contributed by atoms with Crippen molar-refractivity contribution in [1.82, 2.24) is 14.5 Å². The number of imide groups is 1. The Hall–Kier alpha value is -4.00. The predicted octanol–water partition coefficient (Wildman–Crippen LogP) is 7.51. The first-order valence-corrected chi connectivity index (χ1v) is 20.8. The third-order valence-electron chi connectivity index (χ3n) is 13.5. The maximum absolute atomic E-state index is 15.2. The Morgan fingerprint density at radius 1 is 0.891 bits per heavy atom. The maximum Gasteiger partial charge on any atom is 0.281 e. The number of likely N-dealkylation sites (tertiary alicyclic amines) is 1. The summed E-state index contributed by atoms with van der Waals surface area (Å²) in [5.41, 5.74) is 3.90. The highest BCUT2D eigenvalue weighted by Crippen LogP contribution is 2.52. The van der Waals surface area contributed by atoms with Gasteiger partial charge >= 0.3 is 0 Å². The zero-order chi connectivity index (χ0) is 37.6. The van der Waals surface area contributed by atoms with Gasteiger partial charge in [-0.1, -0.05) is 37.5 Å². The van der Waals surface area contributed by atoms with Crippen LogP contribution in [0.5, 0.6) is 0 Å². The number of hydrogen-bond donors (Lipinski definition) is 0. The number of rotatable bonds is 5. The van der Waals surface area contributed by atoms with Gasteiger partial charge in [0.05, 0.1) is 28.6 Å². The van der Waals surface area contributed by atoms with Crippen LogP contribution in [0.3, 0.4) is 0 Å². The van der Waals surface area contributed by atoms with Crippen LogP contribution in [0.15, 0.2) is 57.8 Å². The fraction of sp³-hybridized carbons (Fsp3) is 0.488. The molecule has 5 aliphatic heterocycles. The van der Waals surface area contributed by atoms with Gasteiger partial charge in [-0.15, -0.1) is 0 Å². The molecule has 5 fully saturated rings. The SMILES string of the molecule is O=C1CCCC(=O)N1c1c(F)cc(N2CC3(CC(CN4CCC(c5ccc6c(c5)-n5c(nc(=O)c7c(Br)cccc75)C65CCCCC5)CC4)CO3)C2)cc1F. The summed E-state index contributed by atoms with van der Waals surface area (Å²) in [6, 6.07) is 15.5. The number of ether oxygens (including phenoxy) is 1. The van der Waals surface area contributed by atoms with Crippen LogP contribution in [0.4, 0.5) is 20.2 Å². The van der Waals surface area contributed by atoms with Crippen molar-refractivity contribution in [2.75, 3.05) is 49.1 Å². The molecule has 6 aliphatic rings. The summed E-state index contributed by atoms with van der Waals surface area (Å²) in [6.45, 7) is 4.74. The number of aromatic nitrogens is 2. The summed E-state index contributed by atoms with van der Waals surface area (Å²) in [5, 5.41) is 0.637. The Bertz CT molecular complexity index is 2270. The lowest BCUT2D eigenvalue weighted by Gasteiger charge is -2.48. The van der Waals surface area contributed by atoms with Crippen molar-refractivity contribution in [3.8, 4) is 5.69 Å². The number of benzene rings is 3. The van der Waals surface area contributed by atoms with Gasteiger partial charge in [-0.25, -0.2) is 13.7 Å². The molecule has 1 unspecified atom stereocenters. The molecule has 286 valence electrons. The normalized spacial score (nSPS) is 23.5. The van der Waals surface area contributed by atoms with E-state index < -0.39 is 29.1 Å². The molecule has 6 heterocycles. The minimum Gasteiger partial charge on any atom is -0.371 e. The van der Waals surface area contributed by atoms with Gasteiger partial charge in [-0.3, -0.25) is 19.0 Å². The molecule has 2 spiro atoms. The van der Waals surface area contributed by atoms with E-state index in [0.717, 1.165) is 80.4 Å².